The topological polar surface area (TPSA) is 32.3 Å². The molecule has 0 aromatic heterocycles. The van der Waals surface area contributed by atoms with Gasteiger partial charge < -0.3 is 10.2 Å². The third-order valence-electron chi connectivity index (χ3n) is 4.91. The van der Waals surface area contributed by atoms with Crippen molar-refractivity contribution in [2.24, 2.45) is 5.92 Å². The summed E-state index contributed by atoms with van der Waals surface area (Å²) in [6.07, 6.45) is 10.5. The lowest BCUT2D eigenvalue weighted by Crippen LogP contribution is -2.48. The molecule has 0 aromatic carbocycles. The van der Waals surface area contributed by atoms with Crippen LogP contribution >= 0.6 is 0 Å². The van der Waals surface area contributed by atoms with Gasteiger partial charge in [0.2, 0.25) is 5.91 Å². The third-order valence-corrected chi connectivity index (χ3v) is 4.91. The zero-order valence-corrected chi connectivity index (χ0v) is 12.7. The van der Waals surface area contributed by atoms with E-state index in [0.29, 0.717) is 11.9 Å². The maximum atomic E-state index is 12.3. The van der Waals surface area contributed by atoms with Crippen molar-refractivity contribution in [1.82, 2.24) is 10.2 Å². The fourth-order valence-corrected chi connectivity index (χ4v) is 3.62. The number of hydrogen-bond donors (Lipinski definition) is 1. The largest absolute Gasteiger partial charge is 0.341 e. The molecule has 1 aliphatic carbocycles. The van der Waals surface area contributed by atoms with Gasteiger partial charge in [-0.25, -0.2) is 0 Å². The average molecular weight is 266 g/mol. The molecular formula is C16H30N2O. The van der Waals surface area contributed by atoms with E-state index in [0.717, 1.165) is 19.0 Å². The van der Waals surface area contributed by atoms with E-state index in [1.165, 1.54) is 51.4 Å². The number of likely N-dealkylation sites (tertiary alicyclic amines) is 1. The molecule has 1 aliphatic heterocycles. The summed E-state index contributed by atoms with van der Waals surface area (Å²) in [4.78, 5) is 14.3. The van der Waals surface area contributed by atoms with Crippen LogP contribution in [0.1, 0.15) is 65.2 Å². The van der Waals surface area contributed by atoms with Crippen LogP contribution in [0.5, 0.6) is 0 Å². The molecule has 1 amide bonds. The Hall–Kier alpha value is -0.570. The molecule has 1 heterocycles. The molecule has 19 heavy (non-hydrogen) atoms. The third kappa shape index (κ3) is 4.20. The van der Waals surface area contributed by atoms with E-state index in [1.54, 1.807) is 0 Å². The van der Waals surface area contributed by atoms with E-state index in [2.05, 4.69) is 12.2 Å². The maximum Gasteiger partial charge on any atom is 0.239 e. The smallest absolute Gasteiger partial charge is 0.239 e. The van der Waals surface area contributed by atoms with Gasteiger partial charge in [0.25, 0.3) is 0 Å². The molecule has 3 heteroatoms. The Morgan fingerprint density at radius 2 is 1.58 bits per heavy atom. The highest BCUT2D eigenvalue weighted by molar-refractivity contribution is 5.81. The standard InChI is InChI=1S/C16H30N2O/c1-13(15-9-5-3-4-6-10-15)17-14(2)16(19)18-11-7-8-12-18/h13-15,17H,3-12H2,1-2H3/t13-,14?/m0/s1. The highest BCUT2D eigenvalue weighted by Crippen LogP contribution is 2.25. The van der Waals surface area contributed by atoms with Crippen LogP contribution in [0.4, 0.5) is 0 Å². The molecule has 1 unspecified atom stereocenters. The Morgan fingerprint density at radius 3 is 2.16 bits per heavy atom. The molecule has 0 radical (unpaired) electrons. The number of rotatable bonds is 4. The van der Waals surface area contributed by atoms with Crippen LogP contribution in [0.2, 0.25) is 0 Å². The van der Waals surface area contributed by atoms with E-state index in [1.807, 2.05) is 11.8 Å². The normalized spacial score (nSPS) is 25.1. The quantitative estimate of drug-likeness (QED) is 0.794. The number of hydrogen-bond acceptors (Lipinski definition) is 2. The second kappa shape index (κ2) is 7.28. The molecule has 0 aromatic rings. The van der Waals surface area contributed by atoms with Gasteiger partial charge >= 0.3 is 0 Å². The number of amides is 1. The zero-order chi connectivity index (χ0) is 13.7. The number of carbonyl (C=O) groups excluding carboxylic acids is 1. The molecular weight excluding hydrogens is 236 g/mol. The number of nitrogens with zero attached hydrogens (tertiary/aromatic N) is 1. The van der Waals surface area contributed by atoms with Crippen LogP contribution in [0.3, 0.4) is 0 Å². The highest BCUT2D eigenvalue weighted by atomic mass is 16.2. The highest BCUT2D eigenvalue weighted by Gasteiger charge is 2.26. The van der Waals surface area contributed by atoms with Gasteiger partial charge in [-0.1, -0.05) is 25.7 Å². The van der Waals surface area contributed by atoms with Crippen molar-refractivity contribution in [2.45, 2.75) is 77.3 Å². The Kier molecular flexibility index (Phi) is 5.68. The molecule has 1 N–H and O–H groups in total. The monoisotopic (exact) mass is 266 g/mol. The zero-order valence-electron chi connectivity index (χ0n) is 12.7. The van der Waals surface area contributed by atoms with Crippen molar-refractivity contribution < 1.29 is 4.79 Å². The minimum atomic E-state index is -0.0173. The SMILES string of the molecule is CC(N[C@@H](C)C1CCCCCC1)C(=O)N1CCCC1. The number of carbonyl (C=O) groups is 1. The van der Waals surface area contributed by atoms with Crippen molar-refractivity contribution in [3.8, 4) is 0 Å². The number of nitrogens with one attached hydrogen (secondary N) is 1. The van der Waals surface area contributed by atoms with Crippen molar-refractivity contribution >= 4 is 5.91 Å². The lowest BCUT2D eigenvalue weighted by atomic mass is 9.92. The van der Waals surface area contributed by atoms with Gasteiger partial charge in [0.05, 0.1) is 6.04 Å². The van der Waals surface area contributed by atoms with Crippen molar-refractivity contribution in [1.29, 1.82) is 0 Å². The van der Waals surface area contributed by atoms with Crippen LogP contribution in [-0.4, -0.2) is 36.0 Å². The first-order chi connectivity index (χ1) is 9.18. The van der Waals surface area contributed by atoms with E-state index < -0.39 is 0 Å². The van der Waals surface area contributed by atoms with Crippen LogP contribution in [0.25, 0.3) is 0 Å². The first-order valence-electron chi connectivity index (χ1n) is 8.23. The lowest BCUT2D eigenvalue weighted by molar-refractivity contribution is -0.132. The first-order valence-corrected chi connectivity index (χ1v) is 8.23. The molecule has 1 saturated heterocycles. The molecule has 2 fully saturated rings. The van der Waals surface area contributed by atoms with Gasteiger partial charge in [-0.3, -0.25) is 4.79 Å². The second-order valence-corrected chi connectivity index (χ2v) is 6.46. The molecule has 2 aliphatic rings. The predicted molar refractivity (Wildman–Crippen MR) is 79.1 cm³/mol. The summed E-state index contributed by atoms with van der Waals surface area (Å²) in [7, 11) is 0. The molecule has 0 spiro atoms. The maximum absolute atomic E-state index is 12.3. The first kappa shape index (κ1) is 14.8. The van der Waals surface area contributed by atoms with Crippen molar-refractivity contribution in [3.05, 3.63) is 0 Å². The van der Waals surface area contributed by atoms with Gasteiger partial charge in [0, 0.05) is 19.1 Å². The summed E-state index contributed by atoms with van der Waals surface area (Å²) in [6, 6.07) is 0.455. The minimum Gasteiger partial charge on any atom is -0.341 e. The second-order valence-electron chi connectivity index (χ2n) is 6.46. The van der Waals surface area contributed by atoms with Crippen molar-refractivity contribution in [2.75, 3.05) is 13.1 Å². The molecule has 110 valence electrons. The van der Waals surface area contributed by atoms with Crippen LogP contribution < -0.4 is 5.32 Å². The summed E-state index contributed by atoms with van der Waals surface area (Å²) in [5, 5.41) is 3.56. The fourth-order valence-electron chi connectivity index (χ4n) is 3.62. The molecule has 1 saturated carbocycles. The average Bonchev–Trinajstić information content (AvgIpc) is 2.79. The Bertz CT molecular complexity index is 278. The summed E-state index contributed by atoms with van der Waals surface area (Å²) < 4.78 is 0. The van der Waals surface area contributed by atoms with E-state index in [9.17, 15) is 4.79 Å². The van der Waals surface area contributed by atoms with Crippen LogP contribution in [0, 0.1) is 5.92 Å². The van der Waals surface area contributed by atoms with Gasteiger partial charge in [0.15, 0.2) is 0 Å². The molecule has 2 rings (SSSR count). The van der Waals surface area contributed by atoms with E-state index >= 15 is 0 Å². The van der Waals surface area contributed by atoms with Gasteiger partial charge in [-0.15, -0.1) is 0 Å². The van der Waals surface area contributed by atoms with E-state index in [4.69, 9.17) is 0 Å². The Balaban J connectivity index is 1.79. The minimum absolute atomic E-state index is 0.0173. The van der Waals surface area contributed by atoms with Gasteiger partial charge in [0.1, 0.15) is 0 Å². The molecule has 0 bridgehead atoms. The summed E-state index contributed by atoms with van der Waals surface area (Å²) in [5.74, 6) is 1.06. The summed E-state index contributed by atoms with van der Waals surface area (Å²) in [5.41, 5.74) is 0. The Morgan fingerprint density at radius 1 is 1.00 bits per heavy atom. The summed E-state index contributed by atoms with van der Waals surface area (Å²) in [6.45, 7) is 6.23. The van der Waals surface area contributed by atoms with E-state index in [-0.39, 0.29) is 6.04 Å². The molecule has 3 nitrogen and oxygen atoms in total. The van der Waals surface area contributed by atoms with Crippen LogP contribution in [-0.2, 0) is 4.79 Å². The van der Waals surface area contributed by atoms with Crippen molar-refractivity contribution in [3.63, 3.8) is 0 Å². The van der Waals surface area contributed by atoms with Gasteiger partial charge in [-0.2, -0.15) is 0 Å². The Labute approximate surface area is 118 Å². The lowest BCUT2D eigenvalue weighted by Gasteiger charge is -2.28. The molecule has 2 atom stereocenters. The van der Waals surface area contributed by atoms with Crippen LogP contribution in [0.15, 0.2) is 0 Å². The predicted octanol–water partition coefficient (Wildman–Crippen LogP) is 2.95. The van der Waals surface area contributed by atoms with Gasteiger partial charge in [-0.05, 0) is 45.4 Å². The fraction of sp³-hybridized carbons (Fsp3) is 0.938. The summed E-state index contributed by atoms with van der Waals surface area (Å²) >= 11 is 0.